The highest BCUT2D eigenvalue weighted by Crippen LogP contribution is 2.16. The quantitative estimate of drug-likeness (QED) is 0.644. The summed E-state index contributed by atoms with van der Waals surface area (Å²) in [6.07, 6.45) is 0. The van der Waals surface area contributed by atoms with E-state index in [4.69, 9.17) is 9.15 Å². The molecule has 0 saturated carbocycles. The topological polar surface area (TPSA) is 56.5 Å². The normalized spacial score (nSPS) is 9.77. The van der Waals surface area contributed by atoms with Crippen molar-refractivity contribution in [3.63, 3.8) is 0 Å². The van der Waals surface area contributed by atoms with Crippen molar-refractivity contribution in [3.05, 3.63) is 27.8 Å². The molecule has 0 aliphatic carbocycles. The van der Waals surface area contributed by atoms with E-state index in [9.17, 15) is 9.59 Å². The van der Waals surface area contributed by atoms with Crippen molar-refractivity contribution in [1.29, 1.82) is 0 Å². The van der Waals surface area contributed by atoms with Crippen molar-refractivity contribution in [2.24, 2.45) is 0 Å². The monoisotopic (exact) mass is 182 g/mol. The zero-order chi connectivity index (χ0) is 10.0. The van der Waals surface area contributed by atoms with E-state index < -0.39 is 5.63 Å². The number of rotatable bonds is 2. The number of Topliss-reactive ketones (excluding diaryl/α,β-unsaturated/α-hetero) is 1. The first-order valence-electron chi connectivity index (χ1n) is 3.76. The Balaban J connectivity index is 3.48. The molecule has 0 spiro atoms. The second kappa shape index (κ2) is 3.43. The third-order valence-electron chi connectivity index (χ3n) is 1.61. The van der Waals surface area contributed by atoms with Gasteiger partial charge in [0.1, 0.15) is 17.1 Å². The van der Waals surface area contributed by atoms with Crippen LogP contribution in [0.15, 0.2) is 15.3 Å². The molecule has 0 fully saturated rings. The smallest absolute Gasteiger partial charge is 0.350 e. The van der Waals surface area contributed by atoms with E-state index in [1.807, 2.05) is 0 Å². The van der Waals surface area contributed by atoms with Gasteiger partial charge in [0.25, 0.3) is 0 Å². The van der Waals surface area contributed by atoms with E-state index in [1.54, 1.807) is 6.92 Å². The Morgan fingerprint density at radius 2 is 2.15 bits per heavy atom. The molecule has 4 nitrogen and oxygen atoms in total. The fourth-order valence-electron chi connectivity index (χ4n) is 1.06. The Morgan fingerprint density at radius 1 is 1.54 bits per heavy atom. The van der Waals surface area contributed by atoms with Crippen LogP contribution in [-0.4, -0.2) is 12.9 Å². The van der Waals surface area contributed by atoms with E-state index in [-0.39, 0.29) is 17.1 Å². The fraction of sp³-hybridized carbons (Fsp3) is 0.333. The molecule has 0 unspecified atom stereocenters. The van der Waals surface area contributed by atoms with Crippen LogP contribution in [0.25, 0.3) is 0 Å². The average Bonchev–Trinajstić information content (AvgIpc) is 2.01. The van der Waals surface area contributed by atoms with Crippen molar-refractivity contribution >= 4 is 5.78 Å². The van der Waals surface area contributed by atoms with Crippen LogP contribution >= 0.6 is 0 Å². The molecular weight excluding hydrogens is 172 g/mol. The van der Waals surface area contributed by atoms with Crippen LogP contribution in [0, 0.1) is 6.92 Å². The average molecular weight is 182 g/mol. The Bertz CT molecular complexity index is 389. The summed E-state index contributed by atoms with van der Waals surface area (Å²) >= 11 is 0. The number of carbonyl (C=O) groups is 1. The minimum atomic E-state index is -0.649. The molecule has 0 bridgehead atoms. The first kappa shape index (κ1) is 9.51. The maximum absolute atomic E-state index is 11.2. The lowest BCUT2D eigenvalue weighted by atomic mass is 10.2. The van der Waals surface area contributed by atoms with Gasteiger partial charge in [-0.05, 0) is 13.8 Å². The Kier molecular flexibility index (Phi) is 2.51. The van der Waals surface area contributed by atoms with Crippen LogP contribution in [0.3, 0.4) is 0 Å². The summed E-state index contributed by atoms with van der Waals surface area (Å²) in [7, 11) is 1.40. The first-order chi connectivity index (χ1) is 6.06. The molecule has 0 aliphatic heterocycles. The molecule has 0 atom stereocenters. The summed E-state index contributed by atoms with van der Waals surface area (Å²) in [5.41, 5.74) is -0.683. The molecule has 0 amide bonds. The van der Waals surface area contributed by atoms with Crippen molar-refractivity contribution in [3.8, 4) is 5.75 Å². The Hall–Kier alpha value is -1.58. The molecule has 4 heteroatoms. The van der Waals surface area contributed by atoms with Gasteiger partial charge in [-0.3, -0.25) is 4.79 Å². The molecule has 0 aliphatic rings. The standard InChI is InChI=1S/C9H10O4/c1-5-4-7(12-3)8(6(2)10)9(11)13-5/h4H,1-3H3. The largest absolute Gasteiger partial charge is 0.496 e. The van der Waals surface area contributed by atoms with Crippen molar-refractivity contribution in [2.75, 3.05) is 7.11 Å². The van der Waals surface area contributed by atoms with E-state index in [0.29, 0.717) is 5.76 Å². The summed E-state index contributed by atoms with van der Waals surface area (Å²) in [5, 5.41) is 0. The molecule has 0 radical (unpaired) electrons. The molecule has 1 aromatic rings. The summed E-state index contributed by atoms with van der Waals surface area (Å²) in [5.74, 6) is 0.332. The number of hydrogen-bond donors (Lipinski definition) is 0. The Morgan fingerprint density at radius 3 is 2.62 bits per heavy atom. The zero-order valence-corrected chi connectivity index (χ0v) is 7.71. The van der Waals surface area contributed by atoms with E-state index in [1.165, 1.54) is 20.1 Å². The lowest BCUT2D eigenvalue weighted by Crippen LogP contribution is -2.13. The third kappa shape index (κ3) is 1.77. The van der Waals surface area contributed by atoms with Gasteiger partial charge in [-0.15, -0.1) is 0 Å². The molecule has 70 valence electrons. The van der Waals surface area contributed by atoms with Crippen molar-refractivity contribution in [2.45, 2.75) is 13.8 Å². The minimum Gasteiger partial charge on any atom is -0.496 e. The lowest BCUT2D eigenvalue weighted by Gasteiger charge is -2.03. The molecular formula is C9H10O4. The predicted octanol–water partition coefficient (Wildman–Crippen LogP) is 1.16. The first-order valence-corrected chi connectivity index (χ1v) is 3.76. The molecule has 0 aromatic carbocycles. The van der Waals surface area contributed by atoms with Gasteiger partial charge in [0.2, 0.25) is 0 Å². The number of carbonyl (C=O) groups excluding carboxylic acids is 1. The highest BCUT2D eigenvalue weighted by molar-refractivity contribution is 5.96. The molecule has 1 rings (SSSR count). The van der Waals surface area contributed by atoms with Gasteiger partial charge in [-0.2, -0.15) is 0 Å². The lowest BCUT2D eigenvalue weighted by molar-refractivity contribution is 0.101. The van der Waals surface area contributed by atoms with Crippen molar-refractivity contribution in [1.82, 2.24) is 0 Å². The minimum absolute atomic E-state index is 0.0342. The predicted molar refractivity (Wildman–Crippen MR) is 46.3 cm³/mol. The maximum atomic E-state index is 11.2. The van der Waals surface area contributed by atoms with Crippen LogP contribution in [0.2, 0.25) is 0 Å². The van der Waals surface area contributed by atoms with Crippen LogP contribution in [0.5, 0.6) is 5.75 Å². The molecule has 1 heterocycles. The van der Waals surface area contributed by atoms with Gasteiger partial charge >= 0.3 is 5.63 Å². The van der Waals surface area contributed by atoms with Gasteiger partial charge < -0.3 is 9.15 Å². The van der Waals surface area contributed by atoms with Crippen LogP contribution in [-0.2, 0) is 0 Å². The second-order valence-electron chi connectivity index (χ2n) is 2.64. The summed E-state index contributed by atoms with van der Waals surface area (Å²) in [4.78, 5) is 22.2. The molecule has 1 aromatic heterocycles. The summed E-state index contributed by atoms with van der Waals surface area (Å²) in [6, 6.07) is 1.51. The Labute approximate surface area is 75.1 Å². The summed E-state index contributed by atoms with van der Waals surface area (Å²) < 4.78 is 9.64. The van der Waals surface area contributed by atoms with Gasteiger partial charge in [-0.25, -0.2) is 4.79 Å². The van der Waals surface area contributed by atoms with Crippen LogP contribution < -0.4 is 10.4 Å². The maximum Gasteiger partial charge on any atom is 0.350 e. The van der Waals surface area contributed by atoms with E-state index >= 15 is 0 Å². The highest BCUT2D eigenvalue weighted by atomic mass is 16.5. The van der Waals surface area contributed by atoms with Crippen molar-refractivity contribution < 1.29 is 13.9 Å². The number of ether oxygens (including phenoxy) is 1. The van der Waals surface area contributed by atoms with Crippen LogP contribution in [0.1, 0.15) is 23.0 Å². The number of ketones is 1. The molecule has 0 N–H and O–H groups in total. The van der Waals surface area contributed by atoms with Gasteiger partial charge in [0.05, 0.1) is 7.11 Å². The zero-order valence-electron chi connectivity index (χ0n) is 7.71. The van der Waals surface area contributed by atoms with Gasteiger partial charge in [0.15, 0.2) is 5.78 Å². The van der Waals surface area contributed by atoms with Gasteiger partial charge in [-0.1, -0.05) is 0 Å². The van der Waals surface area contributed by atoms with E-state index in [0.717, 1.165) is 0 Å². The number of hydrogen-bond acceptors (Lipinski definition) is 4. The number of aryl methyl sites for hydroxylation is 1. The van der Waals surface area contributed by atoms with Gasteiger partial charge in [0, 0.05) is 6.07 Å². The SMILES string of the molecule is COc1cc(C)oc(=O)c1C(C)=O. The van der Waals surface area contributed by atoms with E-state index in [2.05, 4.69) is 0 Å². The molecule has 0 saturated heterocycles. The fourth-order valence-corrected chi connectivity index (χ4v) is 1.06. The second-order valence-corrected chi connectivity index (χ2v) is 2.64. The number of methoxy groups -OCH3 is 1. The molecule has 13 heavy (non-hydrogen) atoms. The third-order valence-corrected chi connectivity index (χ3v) is 1.61. The van der Waals surface area contributed by atoms with Crippen LogP contribution in [0.4, 0.5) is 0 Å². The highest BCUT2D eigenvalue weighted by Gasteiger charge is 2.14. The summed E-state index contributed by atoms with van der Waals surface area (Å²) in [6.45, 7) is 2.91.